The topological polar surface area (TPSA) is 57.8 Å². The Balaban J connectivity index is 2.94. The molecule has 0 saturated heterocycles. The fraction of sp³-hybridized carbons (Fsp3) is 0.200. The number of fused-ring (bicyclic) bond motifs is 1. The van der Waals surface area contributed by atoms with E-state index in [0.29, 0.717) is 11.2 Å². The third-order valence-corrected chi connectivity index (χ3v) is 2.12. The lowest BCUT2D eigenvalue weighted by atomic mass is 10.2. The van der Waals surface area contributed by atoms with Gasteiger partial charge in [-0.15, -0.1) is 0 Å². The maximum atomic E-state index is 11.6. The van der Waals surface area contributed by atoms with E-state index in [1.165, 1.54) is 0 Å². The van der Waals surface area contributed by atoms with E-state index in [-0.39, 0.29) is 5.56 Å². The van der Waals surface area contributed by atoms with Gasteiger partial charge in [0.15, 0.2) is 0 Å². The van der Waals surface area contributed by atoms with Gasteiger partial charge in [0, 0.05) is 12.7 Å². The highest BCUT2D eigenvalue weighted by Crippen LogP contribution is 2.16. The van der Waals surface area contributed by atoms with E-state index in [2.05, 4.69) is 15.3 Å². The largest absolute Gasteiger partial charge is 0.387 e. The number of aromatic amines is 1. The van der Waals surface area contributed by atoms with Crippen molar-refractivity contribution in [2.45, 2.75) is 6.92 Å². The Hall–Kier alpha value is -1.84. The van der Waals surface area contributed by atoms with Gasteiger partial charge in [-0.2, -0.15) is 0 Å². The summed E-state index contributed by atoms with van der Waals surface area (Å²) in [6.07, 6.45) is 0. The summed E-state index contributed by atoms with van der Waals surface area (Å²) in [6.45, 7) is 1.77. The second-order valence-electron chi connectivity index (χ2n) is 3.10. The number of rotatable bonds is 1. The molecule has 0 spiro atoms. The number of benzene rings is 1. The second-order valence-corrected chi connectivity index (χ2v) is 3.10. The lowest BCUT2D eigenvalue weighted by molar-refractivity contribution is 1.06. The zero-order chi connectivity index (χ0) is 10.1. The van der Waals surface area contributed by atoms with E-state index in [9.17, 15) is 4.79 Å². The first-order valence-electron chi connectivity index (χ1n) is 4.40. The maximum absolute atomic E-state index is 11.6. The zero-order valence-electron chi connectivity index (χ0n) is 8.09. The molecule has 0 aliphatic rings. The van der Waals surface area contributed by atoms with Gasteiger partial charge < -0.3 is 10.3 Å². The van der Waals surface area contributed by atoms with Crippen LogP contribution >= 0.6 is 0 Å². The Morgan fingerprint density at radius 2 is 2.21 bits per heavy atom. The van der Waals surface area contributed by atoms with Crippen LogP contribution in [-0.2, 0) is 0 Å². The van der Waals surface area contributed by atoms with Crippen LogP contribution in [0.5, 0.6) is 0 Å². The lowest BCUT2D eigenvalue weighted by Crippen LogP contribution is -2.11. The lowest BCUT2D eigenvalue weighted by Gasteiger charge is -2.04. The van der Waals surface area contributed by atoms with Crippen LogP contribution < -0.4 is 10.9 Å². The van der Waals surface area contributed by atoms with Gasteiger partial charge in [0.25, 0.3) is 5.56 Å². The van der Waals surface area contributed by atoms with Crippen LogP contribution in [0.25, 0.3) is 10.9 Å². The molecule has 0 saturated carbocycles. The molecule has 0 unspecified atom stereocenters. The van der Waals surface area contributed by atoms with Gasteiger partial charge in [0.1, 0.15) is 5.82 Å². The molecule has 1 heterocycles. The third-order valence-electron chi connectivity index (χ3n) is 2.12. The number of aryl methyl sites for hydroxylation is 1. The first-order chi connectivity index (χ1) is 6.72. The molecule has 2 rings (SSSR count). The Morgan fingerprint density at radius 1 is 1.43 bits per heavy atom. The van der Waals surface area contributed by atoms with Crippen LogP contribution in [0.3, 0.4) is 0 Å². The van der Waals surface area contributed by atoms with Gasteiger partial charge in [-0.3, -0.25) is 4.79 Å². The quantitative estimate of drug-likeness (QED) is 0.710. The Kier molecular flexibility index (Phi) is 1.96. The van der Waals surface area contributed by atoms with Crippen LogP contribution in [-0.4, -0.2) is 17.0 Å². The van der Waals surface area contributed by atoms with Gasteiger partial charge in [0.2, 0.25) is 0 Å². The van der Waals surface area contributed by atoms with Crippen LogP contribution in [0.15, 0.2) is 23.0 Å². The van der Waals surface area contributed by atoms with Crippen LogP contribution in [0.2, 0.25) is 0 Å². The molecule has 4 nitrogen and oxygen atoms in total. The van der Waals surface area contributed by atoms with E-state index in [1.807, 2.05) is 18.2 Å². The highest BCUT2D eigenvalue weighted by Gasteiger charge is 2.04. The second kappa shape index (κ2) is 3.14. The summed E-state index contributed by atoms with van der Waals surface area (Å²) in [4.78, 5) is 18.6. The van der Waals surface area contributed by atoms with E-state index in [1.54, 1.807) is 14.0 Å². The minimum Gasteiger partial charge on any atom is -0.387 e. The van der Waals surface area contributed by atoms with Crippen molar-refractivity contribution < 1.29 is 0 Å². The van der Waals surface area contributed by atoms with E-state index in [0.717, 1.165) is 11.2 Å². The standard InChI is InChI=1S/C10H11N3O/c1-6-12-8-5-3-4-7(11-2)9(8)10(14)13-6/h3-5,11H,1-2H3,(H,12,13,14). The fourth-order valence-electron chi connectivity index (χ4n) is 1.52. The molecule has 14 heavy (non-hydrogen) atoms. The van der Waals surface area contributed by atoms with E-state index < -0.39 is 0 Å². The molecule has 0 bridgehead atoms. The first-order valence-corrected chi connectivity index (χ1v) is 4.40. The number of anilines is 1. The molecule has 1 aromatic heterocycles. The molecule has 0 amide bonds. The minimum atomic E-state index is -0.0996. The molecule has 0 radical (unpaired) electrons. The normalized spacial score (nSPS) is 10.4. The van der Waals surface area contributed by atoms with E-state index >= 15 is 0 Å². The number of nitrogens with one attached hydrogen (secondary N) is 2. The summed E-state index contributed by atoms with van der Waals surface area (Å²) in [6, 6.07) is 5.56. The SMILES string of the molecule is CNc1cccc2nc(C)[nH]c(=O)c12. The van der Waals surface area contributed by atoms with Gasteiger partial charge in [0.05, 0.1) is 10.9 Å². The Morgan fingerprint density at radius 3 is 2.93 bits per heavy atom. The highest BCUT2D eigenvalue weighted by molar-refractivity contribution is 5.90. The van der Waals surface area contributed by atoms with Crippen LogP contribution in [0, 0.1) is 6.92 Å². The maximum Gasteiger partial charge on any atom is 0.260 e. The summed E-state index contributed by atoms with van der Waals surface area (Å²) in [7, 11) is 1.79. The summed E-state index contributed by atoms with van der Waals surface area (Å²) in [5.74, 6) is 0.635. The molecule has 0 atom stereocenters. The summed E-state index contributed by atoms with van der Waals surface area (Å²) < 4.78 is 0. The molecule has 0 aliphatic heterocycles. The third kappa shape index (κ3) is 1.25. The molecular formula is C10H11N3O. The van der Waals surface area contributed by atoms with Crippen molar-refractivity contribution in [1.82, 2.24) is 9.97 Å². The predicted octanol–water partition coefficient (Wildman–Crippen LogP) is 1.27. The first kappa shape index (κ1) is 8.74. The summed E-state index contributed by atoms with van der Waals surface area (Å²) >= 11 is 0. The molecule has 2 N–H and O–H groups in total. The number of hydrogen-bond acceptors (Lipinski definition) is 3. The molecule has 0 aliphatic carbocycles. The highest BCUT2D eigenvalue weighted by atomic mass is 16.1. The van der Waals surface area contributed by atoms with Crippen LogP contribution in [0.4, 0.5) is 5.69 Å². The number of nitrogens with zero attached hydrogens (tertiary/aromatic N) is 1. The summed E-state index contributed by atoms with van der Waals surface area (Å²) in [5, 5.41) is 3.58. The van der Waals surface area contributed by atoms with Crippen molar-refractivity contribution in [3.8, 4) is 0 Å². The van der Waals surface area contributed by atoms with Gasteiger partial charge in [-0.05, 0) is 19.1 Å². The Bertz CT molecular complexity index is 530. The van der Waals surface area contributed by atoms with Crippen molar-refractivity contribution in [3.05, 3.63) is 34.4 Å². The Labute approximate surface area is 81.0 Å². The fourth-order valence-corrected chi connectivity index (χ4v) is 1.52. The van der Waals surface area contributed by atoms with Crippen molar-refractivity contribution in [3.63, 3.8) is 0 Å². The summed E-state index contributed by atoms with van der Waals surface area (Å²) in [5.41, 5.74) is 1.42. The van der Waals surface area contributed by atoms with E-state index in [4.69, 9.17) is 0 Å². The van der Waals surface area contributed by atoms with Crippen molar-refractivity contribution in [2.75, 3.05) is 12.4 Å². The average Bonchev–Trinajstić information content (AvgIpc) is 2.16. The molecular weight excluding hydrogens is 178 g/mol. The molecule has 2 aromatic rings. The average molecular weight is 189 g/mol. The van der Waals surface area contributed by atoms with Gasteiger partial charge in [-0.1, -0.05) is 6.07 Å². The molecule has 4 heteroatoms. The molecule has 72 valence electrons. The number of hydrogen-bond donors (Lipinski definition) is 2. The number of H-pyrrole nitrogens is 1. The van der Waals surface area contributed by atoms with Crippen LogP contribution in [0.1, 0.15) is 5.82 Å². The molecule has 0 fully saturated rings. The smallest absolute Gasteiger partial charge is 0.260 e. The molecule has 1 aromatic carbocycles. The monoisotopic (exact) mass is 189 g/mol. The van der Waals surface area contributed by atoms with Crippen molar-refractivity contribution in [2.24, 2.45) is 0 Å². The predicted molar refractivity (Wildman–Crippen MR) is 56.6 cm³/mol. The minimum absolute atomic E-state index is 0.0996. The number of aromatic nitrogens is 2. The van der Waals surface area contributed by atoms with Gasteiger partial charge in [-0.25, -0.2) is 4.98 Å². The van der Waals surface area contributed by atoms with Crippen molar-refractivity contribution in [1.29, 1.82) is 0 Å². The van der Waals surface area contributed by atoms with Gasteiger partial charge >= 0.3 is 0 Å². The zero-order valence-corrected chi connectivity index (χ0v) is 8.09. The van der Waals surface area contributed by atoms with Crippen molar-refractivity contribution >= 4 is 16.6 Å².